The van der Waals surface area contributed by atoms with Gasteiger partial charge >= 0.3 is 0 Å². The Morgan fingerprint density at radius 2 is 2.16 bits per heavy atom. The number of para-hydroxylation sites is 1. The van der Waals surface area contributed by atoms with Crippen LogP contribution >= 0.6 is 0 Å². The van der Waals surface area contributed by atoms with Gasteiger partial charge in [-0.15, -0.1) is 0 Å². The van der Waals surface area contributed by atoms with Gasteiger partial charge in [0, 0.05) is 43.1 Å². The first-order valence-electron chi connectivity index (χ1n) is 8.81. The molecule has 0 radical (unpaired) electrons. The van der Waals surface area contributed by atoms with Crippen molar-refractivity contribution in [2.75, 3.05) is 6.54 Å². The first-order chi connectivity index (χ1) is 12.2. The Balaban J connectivity index is 1.48. The largest absolute Gasteiger partial charge is 0.338 e. The predicted molar refractivity (Wildman–Crippen MR) is 97.1 cm³/mol. The van der Waals surface area contributed by atoms with E-state index in [0.717, 1.165) is 48.2 Å². The molecule has 1 amide bonds. The van der Waals surface area contributed by atoms with Gasteiger partial charge in [0.15, 0.2) is 0 Å². The Kier molecular flexibility index (Phi) is 4.22. The van der Waals surface area contributed by atoms with Crippen LogP contribution in [0.2, 0.25) is 0 Å². The lowest BCUT2D eigenvalue weighted by Crippen LogP contribution is -2.39. The molecule has 1 saturated heterocycles. The minimum atomic E-state index is 0.192. The zero-order valence-corrected chi connectivity index (χ0v) is 14.4. The van der Waals surface area contributed by atoms with E-state index in [1.165, 1.54) is 0 Å². The van der Waals surface area contributed by atoms with E-state index in [-0.39, 0.29) is 11.9 Å². The fraction of sp³-hybridized carbons (Fsp3) is 0.350. The number of imidazole rings is 1. The van der Waals surface area contributed by atoms with Crippen molar-refractivity contribution in [3.8, 4) is 0 Å². The number of nitrogens with zero attached hydrogens (tertiary/aromatic N) is 4. The molecule has 5 nitrogen and oxygen atoms in total. The molecule has 1 atom stereocenters. The number of amides is 1. The molecule has 1 aliphatic heterocycles. The zero-order chi connectivity index (χ0) is 17.2. The molecule has 3 heterocycles. The maximum atomic E-state index is 12.8. The second kappa shape index (κ2) is 6.67. The molecule has 0 saturated carbocycles. The van der Waals surface area contributed by atoms with Crippen molar-refractivity contribution in [1.82, 2.24) is 19.4 Å². The summed E-state index contributed by atoms with van der Waals surface area (Å²) in [6, 6.07) is 10.3. The third kappa shape index (κ3) is 3.27. The standard InChI is InChI=1S/C20H22N4O/c1-15-21-8-10-23(15)14-18-6-4-9-24(18)20(25)12-16-11-17-5-2-3-7-19(17)22-13-16/h2-3,5,7-8,10-11,13,18H,4,6,9,12,14H2,1H3/t18-/m0/s1. The topological polar surface area (TPSA) is 51.0 Å². The molecule has 0 bridgehead atoms. The Morgan fingerprint density at radius 1 is 1.28 bits per heavy atom. The summed E-state index contributed by atoms with van der Waals surface area (Å²) in [4.78, 5) is 23.6. The molecule has 25 heavy (non-hydrogen) atoms. The van der Waals surface area contributed by atoms with Gasteiger partial charge in [0.2, 0.25) is 5.91 Å². The molecule has 0 N–H and O–H groups in total. The van der Waals surface area contributed by atoms with Crippen LogP contribution in [0.25, 0.3) is 10.9 Å². The van der Waals surface area contributed by atoms with Crippen LogP contribution < -0.4 is 0 Å². The van der Waals surface area contributed by atoms with Crippen LogP contribution in [-0.2, 0) is 17.8 Å². The Labute approximate surface area is 147 Å². The van der Waals surface area contributed by atoms with Gasteiger partial charge in [0.05, 0.1) is 11.9 Å². The summed E-state index contributed by atoms with van der Waals surface area (Å²) in [7, 11) is 0. The summed E-state index contributed by atoms with van der Waals surface area (Å²) in [6.07, 6.45) is 8.17. The number of carbonyl (C=O) groups excluding carboxylic acids is 1. The molecular formula is C20H22N4O. The van der Waals surface area contributed by atoms with Gasteiger partial charge in [-0.2, -0.15) is 0 Å². The van der Waals surface area contributed by atoms with Crippen LogP contribution in [0, 0.1) is 6.92 Å². The summed E-state index contributed by atoms with van der Waals surface area (Å²) in [5, 5.41) is 1.08. The molecule has 2 aromatic heterocycles. The number of likely N-dealkylation sites (tertiary alicyclic amines) is 1. The van der Waals surface area contributed by atoms with Gasteiger partial charge in [-0.3, -0.25) is 9.78 Å². The summed E-state index contributed by atoms with van der Waals surface area (Å²) in [6.45, 7) is 3.67. The number of carbonyl (C=O) groups is 1. The molecule has 1 fully saturated rings. The fourth-order valence-corrected chi connectivity index (χ4v) is 3.67. The smallest absolute Gasteiger partial charge is 0.227 e. The Hall–Kier alpha value is -2.69. The van der Waals surface area contributed by atoms with E-state index in [9.17, 15) is 4.79 Å². The molecule has 0 aliphatic carbocycles. The SMILES string of the molecule is Cc1nccn1C[C@@H]1CCCN1C(=O)Cc1cnc2ccccc2c1. The van der Waals surface area contributed by atoms with Crippen LogP contribution in [0.4, 0.5) is 0 Å². The molecule has 128 valence electrons. The first kappa shape index (κ1) is 15.8. The molecule has 1 aliphatic rings. The number of rotatable bonds is 4. The lowest BCUT2D eigenvalue weighted by Gasteiger charge is -2.25. The number of aryl methyl sites for hydroxylation is 1. The van der Waals surface area contributed by atoms with Gasteiger partial charge in [-0.25, -0.2) is 4.98 Å². The number of hydrogen-bond donors (Lipinski definition) is 0. The van der Waals surface area contributed by atoms with Crippen LogP contribution in [-0.4, -0.2) is 37.9 Å². The van der Waals surface area contributed by atoms with E-state index < -0.39 is 0 Å². The zero-order valence-electron chi connectivity index (χ0n) is 14.4. The van der Waals surface area contributed by atoms with Crippen molar-refractivity contribution in [1.29, 1.82) is 0 Å². The van der Waals surface area contributed by atoms with E-state index >= 15 is 0 Å². The van der Waals surface area contributed by atoms with E-state index in [0.29, 0.717) is 6.42 Å². The molecule has 1 aromatic carbocycles. The van der Waals surface area contributed by atoms with Crippen LogP contribution in [0.5, 0.6) is 0 Å². The van der Waals surface area contributed by atoms with Crippen molar-refractivity contribution in [2.24, 2.45) is 0 Å². The van der Waals surface area contributed by atoms with Gasteiger partial charge in [-0.1, -0.05) is 18.2 Å². The molecule has 4 rings (SSSR count). The molecule has 0 spiro atoms. The number of benzene rings is 1. The van der Waals surface area contributed by atoms with Crippen molar-refractivity contribution >= 4 is 16.8 Å². The van der Waals surface area contributed by atoms with E-state index in [2.05, 4.69) is 20.6 Å². The number of fused-ring (bicyclic) bond motifs is 1. The lowest BCUT2D eigenvalue weighted by atomic mass is 10.1. The average Bonchev–Trinajstić information content (AvgIpc) is 3.25. The molecule has 3 aromatic rings. The molecule has 0 unspecified atom stereocenters. The predicted octanol–water partition coefficient (Wildman–Crippen LogP) is 2.97. The molecule has 5 heteroatoms. The maximum absolute atomic E-state index is 12.8. The lowest BCUT2D eigenvalue weighted by molar-refractivity contribution is -0.131. The number of pyridine rings is 1. The third-order valence-electron chi connectivity index (χ3n) is 5.03. The van der Waals surface area contributed by atoms with Crippen molar-refractivity contribution in [3.05, 3.63) is 60.3 Å². The monoisotopic (exact) mass is 334 g/mol. The summed E-state index contributed by atoms with van der Waals surface area (Å²) < 4.78 is 2.13. The minimum Gasteiger partial charge on any atom is -0.338 e. The first-order valence-corrected chi connectivity index (χ1v) is 8.81. The van der Waals surface area contributed by atoms with Crippen molar-refractivity contribution in [3.63, 3.8) is 0 Å². The van der Waals surface area contributed by atoms with Crippen LogP contribution in [0.15, 0.2) is 48.9 Å². The highest BCUT2D eigenvalue weighted by Crippen LogP contribution is 2.21. The van der Waals surface area contributed by atoms with Gasteiger partial charge in [0.25, 0.3) is 0 Å². The highest BCUT2D eigenvalue weighted by molar-refractivity contribution is 5.83. The Bertz CT molecular complexity index is 901. The minimum absolute atomic E-state index is 0.192. The second-order valence-electron chi connectivity index (χ2n) is 6.72. The number of aromatic nitrogens is 3. The van der Waals surface area contributed by atoms with E-state index in [1.807, 2.05) is 54.7 Å². The molecular weight excluding hydrogens is 312 g/mol. The van der Waals surface area contributed by atoms with Gasteiger partial charge in [0.1, 0.15) is 5.82 Å². The van der Waals surface area contributed by atoms with Crippen molar-refractivity contribution < 1.29 is 4.79 Å². The van der Waals surface area contributed by atoms with Gasteiger partial charge in [-0.05, 0) is 37.5 Å². The summed E-state index contributed by atoms with van der Waals surface area (Å²) >= 11 is 0. The van der Waals surface area contributed by atoms with E-state index in [4.69, 9.17) is 0 Å². The quantitative estimate of drug-likeness (QED) is 0.737. The Morgan fingerprint density at radius 3 is 3.00 bits per heavy atom. The second-order valence-corrected chi connectivity index (χ2v) is 6.72. The number of hydrogen-bond acceptors (Lipinski definition) is 3. The van der Waals surface area contributed by atoms with E-state index in [1.54, 1.807) is 0 Å². The van der Waals surface area contributed by atoms with Gasteiger partial charge < -0.3 is 9.47 Å². The third-order valence-corrected chi connectivity index (χ3v) is 5.03. The normalized spacial score (nSPS) is 17.3. The average molecular weight is 334 g/mol. The maximum Gasteiger partial charge on any atom is 0.227 e. The highest BCUT2D eigenvalue weighted by Gasteiger charge is 2.29. The van der Waals surface area contributed by atoms with Crippen LogP contribution in [0.3, 0.4) is 0 Å². The summed E-state index contributed by atoms with van der Waals surface area (Å²) in [5.74, 6) is 1.19. The highest BCUT2D eigenvalue weighted by atomic mass is 16.2. The fourth-order valence-electron chi connectivity index (χ4n) is 3.67. The summed E-state index contributed by atoms with van der Waals surface area (Å²) in [5.41, 5.74) is 1.95. The van der Waals surface area contributed by atoms with Crippen LogP contribution in [0.1, 0.15) is 24.2 Å². The van der Waals surface area contributed by atoms with Crippen molar-refractivity contribution in [2.45, 2.75) is 38.8 Å².